The minimum Gasteiger partial charge on any atom is -0.460 e. The molecule has 0 amide bonds. The topological polar surface area (TPSA) is 100 Å². The molecule has 0 fully saturated rings. The Balaban J connectivity index is 1.68. The van der Waals surface area contributed by atoms with Crippen molar-refractivity contribution in [3.8, 4) is 0 Å². The first-order valence-corrected chi connectivity index (χ1v) is 11.6. The minimum absolute atomic E-state index is 0.209. The van der Waals surface area contributed by atoms with Gasteiger partial charge in [-0.25, -0.2) is 4.79 Å². The van der Waals surface area contributed by atoms with Crippen LogP contribution in [0.15, 0.2) is 30.3 Å². The normalized spacial score (nSPS) is 11.1. The second-order valence-electron chi connectivity index (χ2n) is 6.78. The van der Waals surface area contributed by atoms with Crippen LogP contribution < -0.4 is 0 Å². The molecule has 0 heterocycles. The Morgan fingerprint density at radius 1 is 0.500 bits per heavy atom. The Hall–Kier alpha value is -1.63. The van der Waals surface area contributed by atoms with Gasteiger partial charge in [0, 0.05) is 7.11 Å². The molecule has 10 heteroatoms. The smallest absolute Gasteiger partial charge is 0.338 e. The third-order valence-corrected chi connectivity index (χ3v) is 4.13. The SMILES string of the molecule is COCCOCCOCCOCCOCCOCCOCCOCCOC(=O)c1ccccc1. The van der Waals surface area contributed by atoms with E-state index in [2.05, 4.69) is 0 Å². The average Bonchev–Trinajstić information content (AvgIpc) is 2.87. The van der Waals surface area contributed by atoms with Gasteiger partial charge in [-0.15, -0.1) is 0 Å². The van der Waals surface area contributed by atoms with Gasteiger partial charge in [-0.2, -0.15) is 0 Å². The molecule has 0 aliphatic carbocycles. The van der Waals surface area contributed by atoms with Crippen LogP contribution in [0.3, 0.4) is 0 Å². The first kappa shape index (κ1) is 30.4. The van der Waals surface area contributed by atoms with Crippen LogP contribution in [-0.4, -0.2) is 119 Å². The van der Waals surface area contributed by atoms with E-state index < -0.39 is 0 Å². The van der Waals surface area contributed by atoms with Gasteiger partial charge in [0.2, 0.25) is 0 Å². The zero-order valence-corrected chi connectivity index (χ0v) is 20.3. The van der Waals surface area contributed by atoms with Gasteiger partial charge in [-0.1, -0.05) is 18.2 Å². The lowest BCUT2D eigenvalue weighted by atomic mass is 10.2. The van der Waals surface area contributed by atoms with Gasteiger partial charge in [0.15, 0.2) is 0 Å². The van der Waals surface area contributed by atoms with Crippen LogP contribution in [0.4, 0.5) is 0 Å². The van der Waals surface area contributed by atoms with Crippen molar-refractivity contribution >= 4 is 5.97 Å². The van der Waals surface area contributed by atoms with Crippen molar-refractivity contribution in [2.45, 2.75) is 0 Å². The molecule has 0 aliphatic heterocycles. The molecule has 0 aliphatic rings. The van der Waals surface area contributed by atoms with E-state index in [-0.39, 0.29) is 12.6 Å². The van der Waals surface area contributed by atoms with Gasteiger partial charge < -0.3 is 42.6 Å². The fourth-order valence-corrected chi connectivity index (χ4v) is 2.41. The van der Waals surface area contributed by atoms with E-state index in [9.17, 15) is 4.79 Å². The minimum atomic E-state index is -0.352. The standard InChI is InChI=1S/C24H40O10/c1-26-7-8-27-9-10-28-11-12-29-13-14-30-15-16-31-17-18-32-19-20-33-21-22-34-24(25)23-5-3-2-4-6-23/h2-6H,7-22H2,1H3. The number of ether oxygens (including phenoxy) is 9. The number of rotatable bonds is 25. The molecule has 1 rings (SSSR count). The second-order valence-corrected chi connectivity index (χ2v) is 6.78. The van der Waals surface area contributed by atoms with E-state index >= 15 is 0 Å². The van der Waals surface area contributed by atoms with E-state index in [0.717, 1.165) is 0 Å². The van der Waals surface area contributed by atoms with Crippen LogP contribution in [0, 0.1) is 0 Å². The fraction of sp³-hybridized carbons (Fsp3) is 0.708. The number of hydrogen-bond acceptors (Lipinski definition) is 10. The molecule has 196 valence electrons. The molecule has 10 nitrogen and oxygen atoms in total. The molecule has 0 radical (unpaired) electrons. The summed E-state index contributed by atoms with van der Waals surface area (Å²) >= 11 is 0. The van der Waals surface area contributed by atoms with Crippen LogP contribution in [-0.2, 0) is 42.6 Å². The summed E-state index contributed by atoms with van der Waals surface area (Å²) in [6.45, 7) is 7.75. The fourth-order valence-electron chi connectivity index (χ4n) is 2.41. The monoisotopic (exact) mass is 488 g/mol. The lowest BCUT2D eigenvalue weighted by Crippen LogP contribution is -2.15. The molecule has 1 aromatic carbocycles. The molecule has 34 heavy (non-hydrogen) atoms. The van der Waals surface area contributed by atoms with Gasteiger partial charge in [-0.05, 0) is 12.1 Å². The van der Waals surface area contributed by atoms with Crippen molar-refractivity contribution in [3.05, 3.63) is 35.9 Å². The molecule has 0 bridgehead atoms. The summed E-state index contributed by atoms with van der Waals surface area (Å²) in [7, 11) is 1.64. The third-order valence-electron chi connectivity index (χ3n) is 4.13. The zero-order valence-electron chi connectivity index (χ0n) is 20.3. The summed E-state index contributed by atoms with van der Waals surface area (Å²) < 4.78 is 47.7. The highest BCUT2D eigenvalue weighted by Gasteiger charge is 2.05. The number of hydrogen-bond donors (Lipinski definition) is 0. The van der Waals surface area contributed by atoms with Gasteiger partial charge in [0.05, 0.1) is 105 Å². The van der Waals surface area contributed by atoms with Gasteiger partial charge in [0.25, 0.3) is 0 Å². The Morgan fingerprint density at radius 3 is 1.18 bits per heavy atom. The Kier molecular flexibility index (Phi) is 21.9. The van der Waals surface area contributed by atoms with E-state index in [1.807, 2.05) is 6.07 Å². The summed E-state index contributed by atoms with van der Waals surface area (Å²) in [4.78, 5) is 11.7. The summed E-state index contributed by atoms with van der Waals surface area (Å²) in [5.41, 5.74) is 0.530. The molecule has 1 aromatic rings. The molecule has 0 aromatic heterocycles. The highest BCUT2D eigenvalue weighted by molar-refractivity contribution is 5.89. The predicted molar refractivity (Wildman–Crippen MR) is 124 cm³/mol. The first-order valence-electron chi connectivity index (χ1n) is 11.6. The van der Waals surface area contributed by atoms with E-state index in [1.54, 1.807) is 31.4 Å². The number of carbonyl (C=O) groups is 1. The van der Waals surface area contributed by atoms with Crippen LogP contribution in [0.2, 0.25) is 0 Å². The molecule has 0 saturated heterocycles. The molecule has 0 unspecified atom stereocenters. The molecule has 0 atom stereocenters. The Labute approximate surface area is 202 Å². The summed E-state index contributed by atoms with van der Waals surface area (Å²) in [5.74, 6) is -0.352. The third kappa shape index (κ3) is 19.8. The maximum absolute atomic E-state index is 11.7. The number of methoxy groups -OCH3 is 1. The van der Waals surface area contributed by atoms with E-state index in [4.69, 9.17) is 42.6 Å². The highest BCUT2D eigenvalue weighted by Crippen LogP contribution is 2.00. The molecule has 0 saturated carbocycles. The molecular weight excluding hydrogens is 448 g/mol. The number of esters is 1. The van der Waals surface area contributed by atoms with E-state index in [1.165, 1.54) is 0 Å². The van der Waals surface area contributed by atoms with Crippen LogP contribution in [0.1, 0.15) is 10.4 Å². The largest absolute Gasteiger partial charge is 0.460 e. The molecule has 0 spiro atoms. The Morgan fingerprint density at radius 2 is 0.824 bits per heavy atom. The Bertz CT molecular complexity index is 558. The van der Waals surface area contributed by atoms with Crippen LogP contribution in [0.25, 0.3) is 0 Å². The van der Waals surface area contributed by atoms with Crippen LogP contribution >= 0.6 is 0 Å². The maximum atomic E-state index is 11.7. The average molecular weight is 489 g/mol. The van der Waals surface area contributed by atoms with Crippen LogP contribution in [0.5, 0.6) is 0 Å². The second kappa shape index (κ2) is 24.5. The van der Waals surface area contributed by atoms with Crippen molar-refractivity contribution < 1.29 is 47.4 Å². The lowest BCUT2D eigenvalue weighted by Gasteiger charge is -2.08. The maximum Gasteiger partial charge on any atom is 0.338 e. The zero-order chi connectivity index (χ0) is 24.4. The summed E-state index contributed by atoms with van der Waals surface area (Å²) in [5, 5.41) is 0. The van der Waals surface area contributed by atoms with Crippen molar-refractivity contribution in [2.75, 3.05) is 113 Å². The van der Waals surface area contributed by atoms with E-state index in [0.29, 0.717) is 105 Å². The first-order chi connectivity index (χ1) is 16.8. The molecule has 0 N–H and O–H groups in total. The van der Waals surface area contributed by atoms with Crippen molar-refractivity contribution in [3.63, 3.8) is 0 Å². The number of benzene rings is 1. The van der Waals surface area contributed by atoms with Crippen molar-refractivity contribution in [2.24, 2.45) is 0 Å². The van der Waals surface area contributed by atoms with Gasteiger partial charge in [-0.3, -0.25) is 0 Å². The summed E-state index contributed by atoms with van der Waals surface area (Å²) in [6, 6.07) is 8.86. The highest BCUT2D eigenvalue weighted by atomic mass is 16.6. The lowest BCUT2D eigenvalue weighted by molar-refractivity contribution is -0.0235. The molecular formula is C24H40O10. The number of carbonyl (C=O) groups excluding carboxylic acids is 1. The quantitative estimate of drug-likeness (QED) is 0.149. The van der Waals surface area contributed by atoms with Gasteiger partial charge in [0.1, 0.15) is 6.61 Å². The van der Waals surface area contributed by atoms with Crippen molar-refractivity contribution in [1.29, 1.82) is 0 Å². The predicted octanol–water partition coefficient (Wildman–Crippen LogP) is 1.61. The van der Waals surface area contributed by atoms with Crippen molar-refractivity contribution in [1.82, 2.24) is 0 Å². The van der Waals surface area contributed by atoms with Gasteiger partial charge >= 0.3 is 5.97 Å². The summed E-state index contributed by atoms with van der Waals surface area (Å²) in [6.07, 6.45) is 0.